The first-order chi connectivity index (χ1) is 9.31. The summed E-state index contributed by atoms with van der Waals surface area (Å²) in [6.07, 6.45) is 9.12. The normalized spacial score (nSPS) is 12.8. The maximum atomic E-state index is 5.44. The van der Waals surface area contributed by atoms with Crippen LogP contribution in [0.5, 0.6) is 0 Å². The Balaban J connectivity index is 2.08. The summed E-state index contributed by atoms with van der Waals surface area (Å²) in [5.41, 5.74) is 1.28. The second-order valence-electron chi connectivity index (χ2n) is 4.94. The summed E-state index contributed by atoms with van der Waals surface area (Å²) in [7, 11) is 2.15. The predicted molar refractivity (Wildman–Crippen MR) is 76.7 cm³/mol. The summed E-state index contributed by atoms with van der Waals surface area (Å²) in [4.78, 5) is 6.58. The van der Waals surface area contributed by atoms with E-state index in [0.29, 0.717) is 6.04 Å². The highest BCUT2D eigenvalue weighted by atomic mass is 16.3. The third kappa shape index (κ3) is 3.93. The minimum absolute atomic E-state index is 0.402. The standard InChI is InChI=1S/C16H22N2O/c1-3-4-9-16(14-7-5-10-17-12-14)18(2)13-15-8-6-11-19-15/h5-8,10-12,16H,3-4,9,13H2,1-2H3. The van der Waals surface area contributed by atoms with Crippen molar-refractivity contribution < 1.29 is 4.42 Å². The zero-order valence-corrected chi connectivity index (χ0v) is 11.7. The quantitative estimate of drug-likeness (QED) is 0.750. The van der Waals surface area contributed by atoms with Gasteiger partial charge in [-0.05, 0) is 37.2 Å². The zero-order valence-electron chi connectivity index (χ0n) is 11.7. The van der Waals surface area contributed by atoms with Gasteiger partial charge in [0.2, 0.25) is 0 Å². The summed E-state index contributed by atoms with van der Waals surface area (Å²) in [6.45, 7) is 3.06. The highest BCUT2D eigenvalue weighted by Crippen LogP contribution is 2.26. The molecule has 0 aliphatic carbocycles. The molecule has 0 saturated carbocycles. The first-order valence-electron chi connectivity index (χ1n) is 6.93. The molecule has 3 nitrogen and oxygen atoms in total. The first-order valence-corrected chi connectivity index (χ1v) is 6.93. The average Bonchev–Trinajstić information content (AvgIpc) is 2.93. The van der Waals surface area contributed by atoms with Crippen molar-refractivity contribution in [2.75, 3.05) is 7.05 Å². The molecule has 0 saturated heterocycles. The Morgan fingerprint density at radius 3 is 2.84 bits per heavy atom. The molecular formula is C16H22N2O. The van der Waals surface area contributed by atoms with Crippen molar-refractivity contribution in [1.29, 1.82) is 0 Å². The van der Waals surface area contributed by atoms with Crippen LogP contribution in [0.3, 0.4) is 0 Å². The van der Waals surface area contributed by atoms with Crippen molar-refractivity contribution in [2.45, 2.75) is 38.8 Å². The molecule has 0 bridgehead atoms. The van der Waals surface area contributed by atoms with Crippen molar-refractivity contribution in [1.82, 2.24) is 9.88 Å². The van der Waals surface area contributed by atoms with Crippen molar-refractivity contribution in [3.63, 3.8) is 0 Å². The number of pyridine rings is 1. The lowest BCUT2D eigenvalue weighted by atomic mass is 10.0. The van der Waals surface area contributed by atoms with E-state index >= 15 is 0 Å². The molecule has 0 spiro atoms. The van der Waals surface area contributed by atoms with Gasteiger partial charge in [-0.2, -0.15) is 0 Å². The van der Waals surface area contributed by atoms with Crippen LogP contribution in [0, 0.1) is 0 Å². The van der Waals surface area contributed by atoms with Gasteiger partial charge in [-0.25, -0.2) is 0 Å². The molecule has 102 valence electrons. The number of unbranched alkanes of at least 4 members (excludes halogenated alkanes) is 1. The third-order valence-corrected chi connectivity index (χ3v) is 3.42. The van der Waals surface area contributed by atoms with E-state index in [2.05, 4.69) is 29.9 Å². The average molecular weight is 258 g/mol. The van der Waals surface area contributed by atoms with Gasteiger partial charge in [0.05, 0.1) is 12.8 Å². The summed E-state index contributed by atoms with van der Waals surface area (Å²) < 4.78 is 5.44. The lowest BCUT2D eigenvalue weighted by molar-refractivity contribution is 0.204. The number of rotatable bonds is 7. The van der Waals surface area contributed by atoms with E-state index in [1.165, 1.54) is 18.4 Å². The number of hydrogen-bond acceptors (Lipinski definition) is 3. The number of nitrogens with zero attached hydrogens (tertiary/aromatic N) is 2. The minimum atomic E-state index is 0.402. The Bertz CT molecular complexity index is 453. The van der Waals surface area contributed by atoms with Gasteiger partial charge < -0.3 is 4.42 Å². The van der Waals surface area contributed by atoms with Crippen LogP contribution < -0.4 is 0 Å². The summed E-state index contributed by atoms with van der Waals surface area (Å²) in [6, 6.07) is 8.53. The minimum Gasteiger partial charge on any atom is -0.468 e. The molecule has 2 aromatic heterocycles. The van der Waals surface area contributed by atoms with Crippen LogP contribution >= 0.6 is 0 Å². The molecule has 2 rings (SSSR count). The van der Waals surface area contributed by atoms with Gasteiger partial charge in [0, 0.05) is 18.4 Å². The van der Waals surface area contributed by atoms with Gasteiger partial charge in [-0.1, -0.05) is 25.8 Å². The first kappa shape index (κ1) is 13.8. The highest BCUT2D eigenvalue weighted by molar-refractivity contribution is 5.14. The van der Waals surface area contributed by atoms with Gasteiger partial charge in [0.25, 0.3) is 0 Å². The summed E-state index contributed by atoms with van der Waals surface area (Å²) >= 11 is 0. The largest absolute Gasteiger partial charge is 0.468 e. The molecule has 1 atom stereocenters. The van der Waals surface area contributed by atoms with Gasteiger partial charge >= 0.3 is 0 Å². The molecule has 1 unspecified atom stereocenters. The molecule has 0 aliphatic rings. The van der Waals surface area contributed by atoms with E-state index < -0.39 is 0 Å². The van der Waals surface area contributed by atoms with E-state index in [1.54, 1.807) is 6.26 Å². The molecule has 0 amide bonds. The molecule has 2 aromatic rings. The van der Waals surface area contributed by atoms with Crippen molar-refractivity contribution >= 4 is 0 Å². The molecule has 0 N–H and O–H groups in total. The van der Waals surface area contributed by atoms with Gasteiger partial charge in [-0.15, -0.1) is 0 Å². The predicted octanol–water partition coefficient (Wildman–Crippen LogP) is 4.04. The Morgan fingerprint density at radius 2 is 2.21 bits per heavy atom. The number of aromatic nitrogens is 1. The SMILES string of the molecule is CCCCC(c1cccnc1)N(C)Cc1ccco1. The summed E-state index contributed by atoms with van der Waals surface area (Å²) in [5.74, 6) is 1.01. The lowest BCUT2D eigenvalue weighted by Crippen LogP contribution is -2.24. The second kappa shape index (κ2) is 7.10. The molecule has 0 fully saturated rings. The van der Waals surface area contributed by atoms with E-state index in [0.717, 1.165) is 18.7 Å². The van der Waals surface area contributed by atoms with Crippen LogP contribution in [0.4, 0.5) is 0 Å². The Kier molecular flexibility index (Phi) is 5.16. The Hall–Kier alpha value is -1.61. The van der Waals surface area contributed by atoms with Crippen molar-refractivity contribution in [3.05, 3.63) is 54.2 Å². The van der Waals surface area contributed by atoms with Crippen molar-refractivity contribution in [2.24, 2.45) is 0 Å². The lowest BCUT2D eigenvalue weighted by Gasteiger charge is -2.27. The fourth-order valence-electron chi connectivity index (χ4n) is 2.37. The van der Waals surface area contributed by atoms with Gasteiger partial charge in [0.15, 0.2) is 0 Å². The topological polar surface area (TPSA) is 29.3 Å². The molecule has 19 heavy (non-hydrogen) atoms. The summed E-state index contributed by atoms with van der Waals surface area (Å²) in [5, 5.41) is 0. The molecule has 0 aromatic carbocycles. The fraction of sp³-hybridized carbons (Fsp3) is 0.438. The second-order valence-corrected chi connectivity index (χ2v) is 4.94. The molecule has 3 heteroatoms. The van der Waals surface area contributed by atoms with Crippen LogP contribution in [-0.2, 0) is 6.54 Å². The van der Waals surface area contributed by atoms with Crippen LogP contribution in [0.15, 0.2) is 47.3 Å². The maximum absolute atomic E-state index is 5.44. The molecule has 0 aliphatic heterocycles. The van der Waals surface area contributed by atoms with Crippen LogP contribution in [-0.4, -0.2) is 16.9 Å². The van der Waals surface area contributed by atoms with Gasteiger partial charge in [0.1, 0.15) is 5.76 Å². The number of furan rings is 1. The van der Waals surface area contributed by atoms with Crippen molar-refractivity contribution in [3.8, 4) is 0 Å². The zero-order chi connectivity index (χ0) is 13.5. The molecule has 0 radical (unpaired) electrons. The highest BCUT2D eigenvalue weighted by Gasteiger charge is 2.17. The fourth-order valence-corrected chi connectivity index (χ4v) is 2.37. The monoisotopic (exact) mass is 258 g/mol. The molecular weight excluding hydrogens is 236 g/mol. The third-order valence-electron chi connectivity index (χ3n) is 3.42. The Morgan fingerprint density at radius 1 is 1.32 bits per heavy atom. The van der Waals surface area contributed by atoms with Gasteiger partial charge in [-0.3, -0.25) is 9.88 Å². The Labute approximate surface area is 115 Å². The van der Waals surface area contributed by atoms with Crippen LogP contribution in [0.25, 0.3) is 0 Å². The van der Waals surface area contributed by atoms with Crippen LogP contribution in [0.1, 0.15) is 43.6 Å². The van der Waals surface area contributed by atoms with E-state index in [-0.39, 0.29) is 0 Å². The van der Waals surface area contributed by atoms with Crippen LogP contribution in [0.2, 0.25) is 0 Å². The molecule has 2 heterocycles. The van der Waals surface area contributed by atoms with E-state index in [1.807, 2.05) is 30.6 Å². The maximum Gasteiger partial charge on any atom is 0.117 e. The van der Waals surface area contributed by atoms with E-state index in [9.17, 15) is 0 Å². The van der Waals surface area contributed by atoms with E-state index in [4.69, 9.17) is 4.42 Å². The smallest absolute Gasteiger partial charge is 0.117 e. The number of hydrogen-bond donors (Lipinski definition) is 0.